The third-order valence-corrected chi connectivity index (χ3v) is 3.06. The van der Waals surface area contributed by atoms with Crippen molar-refractivity contribution >= 4 is 34.7 Å². The van der Waals surface area contributed by atoms with Crippen LogP contribution in [0.2, 0.25) is 0 Å². The lowest BCUT2D eigenvalue weighted by Gasteiger charge is -2.22. The van der Waals surface area contributed by atoms with Crippen molar-refractivity contribution in [3.63, 3.8) is 0 Å². The summed E-state index contributed by atoms with van der Waals surface area (Å²) in [6, 6.07) is 6.46. The number of hydrogen-bond acceptors (Lipinski definition) is 5. The summed E-state index contributed by atoms with van der Waals surface area (Å²) in [5.41, 5.74) is 0.842. The first-order valence-electron chi connectivity index (χ1n) is 7.62. The van der Waals surface area contributed by atoms with Crippen molar-refractivity contribution in [3.05, 3.63) is 29.8 Å². The van der Waals surface area contributed by atoms with Crippen LogP contribution in [0.15, 0.2) is 24.3 Å². The smallest absolute Gasteiger partial charge is 0.409 e. The van der Waals surface area contributed by atoms with Crippen molar-refractivity contribution in [1.29, 1.82) is 0 Å². The van der Waals surface area contributed by atoms with Gasteiger partial charge in [-0.1, -0.05) is 12.1 Å². The average Bonchev–Trinajstić information content (AvgIpc) is 2.44. The third-order valence-electron chi connectivity index (χ3n) is 2.84. The molecule has 1 aromatic rings. The van der Waals surface area contributed by atoms with E-state index in [1.807, 2.05) is 46.9 Å². The Balaban J connectivity index is 2.88. The van der Waals surface area contributed by atoms with Crippen LogP contribution in [0.25, 0.3) is 0 Å². The van der Waals surface area contributed by atoms with Crippen LogP contribution in [-0.4, -0.2) is 34.9 Å². The predicted molar refractivity (Wildman–Crippen MR) is 99.4 cm³/mol. The number of benzene rings is 1. The van der Waals surface area contributed by atoms with Crippen LogP contribution in [0.4, 0.5) is 4.79 Å². The van der Waals surface area contributed by atoms with Crippen LogP contribution >= 0.6 is 22.6 Å². The zero-order valence-electron chi connectivity index (χ0n) is 14.6. The number of carbonyl (C=O) groups excluding carboxylic acids is 2. The number of alkyl carbamates (subject to hydrolysis) is 1. The molecular formula is C17H24INO5. The first kappa shape index (κ1) is 20.5. The molecule has 1 aromatic carbocycles. The molecule has 1 N–H and O–H groups in total. The molecule has 1 atom stereocenters. The standard InChI is InChI=1S/C17H24INO5/c1-11(2)23-15(20)14(19-16(21)24-17(3,4)18)10-12-7-6-8-13(9-12)22-5/h6-9,11,14H,10H2,1-5H3,(H,19,21)/t14-/m1/s1. The summed E-state index contributed by atoms with van der Waals surface area (Å²) in [4.78, 5) is 24.3. The fourth-order valence-corrected chi connectivity index (χ4v) is 2.14. The van der Waals surface area contributed by atoms with Gasteiger partial charge in [-0.3, -0.25) is 0 Å². The number of rotatable bonds is 7. The minimum atomic E-state index is -0.842. The second-order valence-corrected chi connectivity index (χ2v) is 8.59. The fourth-order valence-electron chi connectivity index (χ4n) is 1.94. The van der Waals surface area contributed by atoms with E-state index in [2.05, 4.69) is 5.32 Å². The van der Waals surface area contributed by atoms with Gasteiger partial charge in [0, 0.05) is 6.42 Å². The number of amides is 1. The van der Waals surface area contributed by atoms with Crippen molar-refractivity contribution < 1.29 is 23.8 Å². The van der Waals surface area contributed by atoms with Crippen molar-refractivity contribution in [2.75, 3.05) is 7.11 Å². The quantitative estimate of drug-likeness (QED) is 0.392. The highest BCUT2D eigenvalue weighted by Gasteiger charge is 2.27. The number of alkyl halides is 1. The van der Waals surface area contributed by atoms with Gasteiger partial charge < -0.3 is 19.5 Å². The van der Waals surface area contributed by atoms with E-state index in [4.69, 9.17) is 14.2 Å². The van der Waals surface area contributed by atoms with Crippen LogP contribution in [0.3, 0.4) is 0 Å². The molecule has 1 rings (SSSR count). The monoisotopic (exact) mass is 449 g/mol. The Hall–Kier alpha value is -1.51. The molecule has 0 aliphatic heterocycles. The SMILES string of the molecule is COc1cccc(C[C@@H](NC(=O)OC(C)(C)I)C(=O)OC(C)C)c1. The maximum atomic E-state index is 12.3. The Bertz CT molecular complexity index is 568. The highest BCUT2D eigenvalue weighted by molar-refractivity contribution is 14.1. The molecule has 24 heavy (non-hydrogen) atoms. The molecular weight excluding hydrogens is 425 g/mol. The Morgan fingerprint density at radius 2 is 1.96 bits per heavy atom. The first-order chi connectivity index (χ1) is 11.1. The molecule has 134 valence electrons. The Morgan fingerprint density at radius 1 is 1.29 bits per heavy atom. The Labute approximate surface area is 156 Å². The van der Waals surface area contributed by atoms with E-state index in [0.29, 0.717) is 5.75 Å². The molecule has 0 fully saturated rings. The number of nitrogens with one attached hydrogen (secondary N) is 1. The van der Waals surface area contributed by atoms with Gasteiger partial charge in [0.1, 0.15) is 11.8 Å². The molecule has 0 saturated carbocycles. The number of methoxy groups -OCH3 is 1. The summed E-state index contributed by atoms with van der Waals surface area (Å²) in [5, 5.41) is 2.58. The molecule has 0 bridgehead atoms. The van der Waals surface area contributed by atoms with Gasteiger partial charge in [0.05, 0.1) is 13.2 Å². The normalized spacial score (nSPS) is 12.5. The van der Waals surface area contributed by atoms with Crippen LogP contribution in [0.1, 0.15) is 33.3 Å². The fraction of sp³-hybridized carbons (Fsp3) is 0.529. The van der Waals surface area contributed by atoms with E-state index < -0.39 is 21.7 Å². The van der Waals surface area contributed by atoms with Gasteiger partial charge in [0.2, 0.25) is 0 Å². The number of esters is 1. The van der Waals surface area contributed by atoms with Gasteiger partial charge >= 0.3 is 12.1 Å². The second kappa shape index (κ2) is 9.10. The lowest BCUT2D eigenvalue weighted by atomic mass is 10.1. The molecule has 0 aliphatic rings. The zero-order valence-corrected chi connectivity index (χ0v) is 16.7. The summed E-state index contributed by atoms with van der Waals surface area (Å²) >= 11 is 1.99. The second-order valence-electron chi connectivity index (χ2n) is 5.99. The van der Waals surface area contributed by atoms with E-state index in [-0.39, 0.29) is 12.5 Å². The first-order valence-corrected chi connectivity index (χ1v) is 8.70. The number of hydrogen-bond donors (Lipinski definition) is 1. The summed E-state index contributed by atoms with van der Waals surface area (Å²) in [6.07, 6.45) is -0.661. The summed E-state index contributed by atoms with van der Waals surface area (Å²) in [5.74, 6) is 0.176. The minimum Gasteiger partial charge on any atom is -0.497 e. The van der Waals surface area contributed by atoms with E-state index in [1.54, 1.807) is 34.8 Å². The molecule has 6 nitrogen and oxygen atoms in total. The highest BCUT2D eigenvalue weighted by Crippen LogP contribution is 2.19. The topological polar surface area (TPSA) is 73.9 Å². The average molecular weight is 449 g/mol. The van der Waals surface area contributed by atoms with Crippen LogP contribution in [0, 0.1) is 0 Å². The molecule has 0 radical (unpaired) electrons. The van der Waals surface area contributed by atoms with Crippen molar-refractivity contribution in [2.24, 2.45) is 0 Å². The van der Waals surface area contributed by atoms with Crippen LogP contribution < -0.4 is 10.1 Å². The number of ether oxygens (including phenoxy) is 3. The largest absolute Gasteiger partial charge is 0.497 e. The maximum absolute atomic E-state index is 12.3. The van der Waals surface area contributed by atoms with Gasteiger partial charge in [0.15, 0.2) is 3.61 Å². The van der Waals surface area contributed by atoms with Crippen LogP contribution in [-0.2, 0) is 20.7 Å². The van der Waals surface area contributed by atoms with Crippen molar-refractivity contribution in [1.82, 2.24) is 5.32 Å². The molecule has 0 aliphatic carbocycles. The van der Waals surface area contributed by atoms with E-state index in [9.17, 15) is 9.59 Å². The third kappa shape index (κ3) is 7.85. The van der Waals surface area contributed by atoms with Crippen molar-refractivity contribution in [2.45, 2.75) is 49.9 Å². The van der Waals surface area contributed by atoms with Gasteiger partial charge in [-0.15, -0.1) is 0 Å². The van der Waals surface area contributed by atoms with E-state index in [0.717, 1.165) is 5.56 Å². The lowest BCUT2D eigenvalue weighted by Crippen LogP contribution is -2.45. The summed E-state index contributed by atoms with van der Waals surface area (Å²) < 4.78 is 14.9. The van der Waals surface area contributed by atoms with E-state index >= 15 is 0 Å². The number of carbonyl (C=O) groups is 2. The summed E-state index contributed by atoms with van der Waals surface area (Å²) in [7, 11) is 1.57. The number of halogens is 1. The molecule has 0 saturated heterocycles. The maximum Gasteiger partial charge on any atom is 0.409 e. The van der Waals surface area contributed by atoms with Crippen LogP contribution in [0.5, 0.6) is 5.75 Å². The molecule has 0 spiro atoms. The van der Waals surface area contributed by atoms with Gasteiger partial charge in [0.25, 0.3) is 0 Å². The molecule has 1 amide bonds. The van der Waals surface area contributed by atoms with Gasteiger partial charge in [-0.2, -0.15) is 0 Å². The molecule has 7 heteroatoms. The molecule has 0 aromatic heterocycles. The van der Waals surface area contributed by atoms with Crippen molar-refractivity contribution in [3.8, 4) is 5.75 Å². The lowest BCUT2D eigenvalue weighted by molar-refractivity contribution is -0.149. The van der Waals surface area contributed by atoms with Gasteiger partial charge in [-0.25, -0.2) is 9.59 Å². The Kier molecular flexibility index (Phi) is 7.78. The molecule has 0 unspecified atom stereocenters. The zero-order chi connectivity index (χ0) is 18.3. The summed E-state index contributed by atoms with van der Waals surface area (Å²) in [6.45, 7) is 7.01. The molecule has 0 heterocycles. The van der Waals surface area contributed by atoms with Gasteiger partial charge in [-0.05, 0) is 68.0 Å². The minimum absolute atomic E-state index is 0.274. The van der Waals surface area contributed by atoms with E-state index in [1.165, 1.54) is 0 Å². The Morgan fingerprint density at radius 3 is 2.50 bits per heavy atom. The predicted octanol–water partition coefficient (Wildman–Crippen LogP) is 3.46. The highest BCUT2D eigenvalue weighted by atomic mass is 127.